The van der Waals surface area contributed by atoms with Crippen molar-refractivity contribution < 1.29 is 14.7 Å². The molecular weight excluding hydrogens is 266 g/mol. The van der Waals surface area contributed by atoms with Crippen LogP contribution in [0.5, 0.6) is 0 Å². The predicted octanol–water partition coefficient (Wildman–Crippen LogP) is 2.57. The van der Waals surface area contributed by atoms with E-state index in [1.807, 2.05) is 24.3 Å². The average molecular weight is 287 g/mol. The number of fused-ring (bicyclic) bond motifs is 1. The first-order valence-electron chi connectivity index (χ1n) is 7.65. The Labute approximate surface area is 124 Å². The van der Waals surface area contributed by atoms with E-state index >= 15 is 0 Å². The van der Waals surface area contributed by atoms with Gasteiger partial charge in [-0.3, -0.25) is 4.79 Å². The highest BCUT2D eigenvalue weighted by Gasteiger charge is 2.48. The second-order valence-electron chi connectivity index (χ2n) is 6.25. The Bertz CT molecular complexity index is 575. The second-order valence-corrected chi connectivity index (χ2v) is 6.25. The molecule has 112 valence electrons. The number of carboxylic acid groups (broad SMARTS) is 1. The molecule has 0 saturated heterocycles. The third-order valence-corrected chi connectivity index (χ3v) is 5.20. The molecule has 0 aliphatic heterocycles. The quantitative estimate of drug-likeness (QED) is 0.929. The summed E-state index contributed by atoms with van der Waals surface area (Å²) in [5.41, 5.74) is 1.27. The summed E-state index contributed by atoms with van der Waals surface area (Å²) < 4.78 is 0. The van der Waals surface area contributed by atoms with E-state index in [1.54, 1.807) is 7.05 Å². The van der Waals surface area contributed by atoms with Crippen LogP contribution in [0.4, 0.5) is 0 Å². The fourth-order valence-electron chi connectivity index (χ4n) is 3.75. The SMILES string of the molecule is CN(C(=O)C1Cc2ccccc21)C1(C(=O)O)CCCCC1. The number of hydrogen-bond acceptors (Lipinski definition) is 2. The molecule has 1 atom stereocenters. The van der Waals surface area contributed by atoms with Crippen molar-refractivity contribution in [3.05, 3.63) is 35.4 Å². The van der Waals surface area contributed by atoms with Gasteiger partial charge < -0.3 is 10.0 Å². The number of amides is 1. The number of carboxylic acids is 1. The molecule has 1 N–H and O–H groups in total. The second kappa shape index (κ2) is 5.17. The number of rotatable bonds is 3. The van der Waals surface area contributed by atoms with E-state index in [-0.39, 0.29) is 11.8 Å². The summed E-state index contributed by atoms with van der Waals surface area (Å²) in [4.78, 5) is 26.1. The van der Waals surface area contributed by atoms with Crippen LogP contribution >= 0.6 is 0 Å². The van der Waals surface area contributed by atoms with Crippen molar-refractivity contribution in [3.8, 4) is 0 Å². The molecule has 1 fully saturated rings. The first kappa shape index (κ1) is 14.1. The van der Waals surface area contributed by atoms with E-state index in [9.17, 15) is 14.7 Å². The molecule has 2 aliphatic carbocycles. The maximum Gasteiger partial charge on any atom is 0.329 e. The number of likely N-dealkylation sites (N-methyl/N-ethyl adjacent to an activating group) is 1. The van der Waals surface area contributed by atoms with Gasteiger partial charge in [0.05, 0.1) is 5.92 Å². The standard InChI is InChI=1S/C17H21NO3/c1-18(17(16(20)21)9-5-2-6-10-17)15(19)14-11-12-7-3-4-8-13(12)14/h3-4,7-8,14H,2,5-6,9-11H2,1H3,(H,20,21). The zero-order chi connectivity index (χ0) is 15.0. The van der Waals surface area contributed by atoms with E-state index in [1.165, 1.54) is 10.5 Å². The molecule has 3 rings (SSSR count). The lowest BCUT2D eigenvalue weighted by Crippen LogP contribution is -2.58. The molecule has 4 nitrogen and oxygen atoms in total. The Balaban J connectivity index is 1.83. The van der Waals surface area contributed by atoms with E-state index in [0.717, 1.165) is 31.2 Å². The predicted molar refractivity (Wildman–Crippen MR) is 79.1 cm³/mol. The van der Waals surface area contributed by atoms with Crippen LogP contribution in [0, 0.1) is 0 Å². The molecule has 1 aromatic carbocycles. The highest BCUT2D eigenvalue weighted by molar-refractivity contribution is 5.92. The van der Waals surface area contributed by atoms with Crippen LogP contribution in [0.25, 0.3) is 0 Å². The summed E-state index contributed by atoms with van der Waals surface area (Å²) in [7, 11) is 1.67. The summed E-state index contributed by atoms with van der Waals surface area (Å²) in [5.74, 6) is -1.06. The average Bonchev–Trinajstić information content (AvgIpc) is 2.48. The van der Waals surface area contributed by atoms with Crippen LogP contribution in [-0.2, 0) is 16.0 Å². The minimum atomic E-state index is -1.00. The van der Waals surface area contributed by atoms with Gasteiger partial charge in [0.15, 0.2) is 0 Å². The Morgan fingerprint density at radius 1 is 1.19 bits per heavy atom. The van der Waals surface area contributed by atoms with Gasteiger partial charge in [-0.1, -0.05) is 43.5 Å². The molecule has 1 saturated carbocycles. The van der Waals surface area contributed by atoms with Crippen LogP contribution < -0.4 is 0 Å². The first-order chi connectivity index (χ1) is 10.1. The number of carbonyl (C=O) groups excluding carboxylic acids is 1. The topological polar surface area (TPSA) is 57.6 Å². The minimum absolute atomic E-state index is 0.0435. The Morgan fingerprint density at radius 3 is 2.48 bits per heavy atom. The molecule has 0 aromatic heterocycles. The minimum Gasteiger partial charge on any atom is -0.479 e. The lowest BCUT2D eigenvalue weighted by molar-refractivity contribution is -0.161. The molecule has 0 bridgehead atoms. The van der Waals surface area contributed by atoms with Gasteiger partial charge in [0.2, 0.25) is 5.91 Å². The summed E-state index contributed by atoms with van der Waals surface area (Å²) in [6.07, 6.45) is 4.69. The molecule has 1 aromatic rings. The lowest BCUT2D eigenvalue weighted by atomic mass is 9.74. The van der Waals surface area contributed by atoms with Crippen LogP contribution in [0.3, 0.4) is 0 Å². The third-order valence-electron chi connectivity index (χ3n) is 5.20. The van der Waals surface area contributed by atoms with Gasteiger partial charge in [0.25, 0.3) is 0 Å². The van der Waals surface area contributed by atoms with Gasteiger partial charge in [0.1, 0.15) is 5.54 Å². The number of aliphatic carboxylic acids is 1. The largest absolute Gasteiger partial charge is 0.479 e. The zero-order valence-electron chi connectivity index (χ0n) is 12.3. The smallest absolute Gasteiger partial charge is 0.329 e. The van der Waals surface area contributed by atoms with Crippen LogP contribution in [0.2, 0.25) is 0 Å². The summed E-state index contributed by atoms with van der Waals surface area (Å²) in [6, 6.07) is 7.92. The van der Waals surface area contributed by atoms with E-state index in [4.69, 9.17) is 0 Å². The number of nitrogens with zero attached hydrogens (tertiary/aromatic N) is 1. The molecule has 2 aliphatic rings. The van der Waals surface area contributed by atoms with Crippen molar-refractivity contribution >= 4 is 11.9 Å². The van der Waals surface area contributed by atoms with E-state index in [0.29, 0.717) is 12.8 Å². The molecule has 1 amide bonds. The van der Waals surface area contributed by atoms with Crippen molar-refractivity contribution in [3.63, 3.8) is 0 Å². The highest BCUT2D eigenvalue weighted by Crippen LogP contribution is 2.40. The lowest BCUT2D eigenvalue weighted by Gasteiger charge is -2.44. The van der Waals surface area contributed by atoms with Crippen LogP contribution in [-0.4, -0.2) is 34.5 Å². The van der Waals surface area contributed by atoms with Crippen LogP contribution in [0.15, 0.2) is 24.3 Å². The van der Waals surface area contributed by atoms with Crippen LogP contribution in [0.1, 0.15) is 49.1 Å². The molecule has 0 spiro atoms. The molecular formula is C17H21NO3. The third kappa shape index (κ3) is 2.13. The molecule has 4 heteroatoms. The maximum absolute atomic E-state index is 12.8. The summed E-state index contributed by atoms with van der Waals surface area (Å²) in [6.45, 7) is 0. The van der Waals surface area contributed by atoms with Gasteiger partial charge in [-0.2, -0.15) is 0 Å². The zero-order valence-corrected chi connectivity index (χ0v) is 12.3. The van der Waals surface area contributed by atoms with Gasteiger partial charge >= 0.3 is 5.97 Å². The molecule has 1 unspecified atom stereocenters. The fraction of sp³-hybridized carbons (Fsp3) is 0.529. The van der Waals surface area contributed by atoms with Crippen molar-refractivity contribution in [2.75, 3.05) is 7.05 Å². The highest BCUT2D eigenvalue weighted by atomic mass is 16.4. The van der Waals surface area contributed by atoms with E-state index in [2.05, 4.69) is 0 Å². The number of hydrogen-bond donors (Lipinski definition) is 1. The Kier molecular flexibility index (Phi) is 3.47. The number of benzene rings is 1. The molecule has 0 heterocycles. The normalized spacial score (nSPS) is 22.8. The molecule has 21 heavy (non-hydrogen) atoms. The van der Waals surface area contributed by atoms with Gasteiger partial charge in [0, 0.05) is 7.05 Å². The molecule has 0 radical (unpaired) electrons. The Hall–Kier alpha value is -1.84. The van der Waals surface area contributed by atoms with Crippen molar-refractivity contribution in [2.45, 2.75) is 50.0 Å². The number of carbonyl (C=O) groups is 2. The first-order valence-corrected chi connectivity index (χ1v) is 7.65. The monoisotopic (exact) mass is 287 g/mol. The summed E-state index contributed by atoms with van der Waals surface area (Å²) in [5, 5.41) is 9.68. The van der Waals surface area contributed by atoms with Gasteiger partial charge in [-0.25, -0.2) is 4.79 Å². The van der Waals surface area contributed by atoms with Crippen molar-refractivity contribution in [2.24, 2.45) is 0 Å². The Morgan fingerprint density at radius 2 is 1.86 bits per heavy atom. The van der Waals surface area contributed by atoms with Crippen molar-refractivity contribution in [1.29, 1.82) is 0 Å². The summed E-state index contributed by atoms with van der Waals surface area (Å²) >= 11 is 0. The maximum atomic E-state index is 12.8. The van der Waals surface area contributed by atoms with E-state index < -0.39 is 11.5 Å². The van der Waals surface area contributed by atoms with Crippen molar-refractivity contribution in [1.82, 2.24) is 4.90 Å². The fourth-order valence-corrected chi connectivity index (χ4v) is 3.75. The van der Waals surface area contributed by atoms with Gasteiger partial charge in [-0.05, 0) is 30.4 Å². The van der Waals surface area contributed by atoms with Gasteiger partial charge in [-0.15, -0.1) is 0 Å².